The fourth-order valence-electron chi connectivity index (χ4n) is 4.71. The molecule has 0 spiro atoms. The van der Waals surface area contributed by atoms with Crippen molar-refractivity contribution in [3.05, 3.63) is 76.4 Å². The fourth-order valence-corrected chi connectivity index (χ4v) is 4.88. The first-order valence-electron chi connectivity index (χ1n) is 10.3. The zero-order valence-electron chi connectivity index (χ0n) is 17.5. The van der Waals surface area contributed by atoms with Gasteiger partial charge >= 0.3 is 5.97 Å². The van der Waals surface area contributed by atoms with Crippen LogP contribution < -0.4 is 4.74 Å². The smallest absolute Gasteiger partial charge is 0.323 e. The Balaban J connectivity index is 1.60. The summed E-state index contributed by atoms with van der Waals surface area (Å²) < 4.78 is 7.36. The van der Waals surface area contributed by atoms with Gasteiger partial charge in [-0.3, -0.25) is 9.59 Å². The minimum atomic E-state index is -0.904. The SMILES string of the molecule is COc1ccc2ccccc2c1C(=O)N1CCc2c(c3cc(Cl)ccc3n2CC(=O)O)C1. The van der Waals surface area contributed by atoms with Crippen LogP contribution in [0.25, 0.3) is 21.7 Å². The zero-order chi connectivity index (χ0) is 22.4. The van der Waals surface area contributed by atoms with Crippen molar-refractivity contribution < 1.29 is 19.4 Å². The summed E-state index contributed by atoms with van der Waals surface area (Å²) in [5.74, 6) is -0.472. The Labute approximate surface area is 189 Å². The number of nitrogens with zero attached hydrogens (tertiary/aromatic N) is 2. The molecule has 0 bridgehead atoms. The molecule has 0 radical (unpaired) electrons. The molecule has 0 saturated carbocycles. The highest BCUT2D eigenvalue weighted by atomic mass is 35.5. The number of benzene rings is 3. The number of carboxylic acids is 1. The van der Waals surface area contributed by atoms with Crippen LogP contribution in [0.15, 0.2) is 54.6 Å². The molecule has 2 heterocycles. The second-order valence-corrected chi connectivity index (χ2v) is 8.34. The van der Waals surface area contributed by atoms with E-state index in [4.69, 9.17) is 16.3 Å². The van der Waals surface area contributed by atoms with E-state index < -0.39 is 5.97 Å². The molecule has 1 amide bonds. The average molecular weight is 449 g/mol. The van der Waals surface area contributed by atoms with E-state index in [2.05, 4.69) is 0 Å². The molecule has 0 fully saturated rings. The van der Waals surface area contributed by atoms with Crippen LogP contribution in [-0.4, -0.2) is 40.1 Å². The number of fused-ring (bicyclic) bond motifs is 4. The summed E-state index contributed by atoms with van der Waals surface area (Å²) in [6.07, 6.45) is 0.563. The number of aliphatic carboxylic acids is 1. The molecular formula is C25H21ClN2O4. The average Bonchev–Trinajstić information content (AvgIpc) is 3.09. The number of methoxy groups -OCH3 is 1. The molecule has 4 aromatic rings. The lowest BCUT2D eigenvalue weighted by Crippen LogP contribution is -2.36. The van der Waals surface area contributed by atoms with Crippen LogP contribution in [0.2, 0.25) is 5.02 Å². The predicted molar refractivity (Wildman–Crippen MR) is 124 cm³/mol. The standard InChI is InChI=1S/C25H21ClN2O4/c1-32-22-9-6-15-4-2-3-5-17(15)24(22)25(31)27-11-10-21-19(13-27)18-12-16(26)7-8-20(18)28(21)14-23(29)30/h2-9,12H,10-11,13-14H2,1H3,(H,29,30). The number of carbonyl (C=O) groups excluding carboxylic acids is 1. The van der Waals surface area contributed by atoms with E-state index >= 15 is 0 Å². The molecule has 5 rings (SSSR count). The van der Waals surface area contributed by atoms with Crippen molar-refractivity contribution in [2.75, 3.05) is 13.7 Å². The largest absolute Gasteiger partial charge is 0.496 e. The monoisotopic (exact) mass is 448 g/mol. The highest BCUT2D eigenvalue weighted by molar-refractivity contribution is 6.31. The van der Waals surface area contributed by atoms with E-state index in [1.54, 1.807) is 18.1 Å². The lowest BCUT2D eigenvalue weighted by molar-refractivity contribution is -0.137. The molecule has 1 aliphatic rings. The van der Waals surface area contributed by atoms with Crippen LogP contribution in [0, 0.1) is 0 Å². The van der Waals surface area contributed by atoms with Crippen molar-refractivity contribution in [3.8, 4) is 5.75 Å². The van der Waals surface area contributed by atoms with Gasteiger partial charge in [0.05, 0.1) is 12.7 Å². The van der Waals surface area contributed by atoms with Gasteiger partial charge in [0.15, 0.2) is 0 Å². The highest BCUT2D eigenvalue weighted by Crippen LogP contribution is 2.35. The Bertz CT molecular complexity index is 1390. The van der Waals surface area contributed by atoms with Gasteiger partial charge in [0.25, 0.3) is 5.91 Å². The quantitative estimate of drug-likeness (QED) is 0.489. The van der Waals surface area contributed by atoms with Gasteiger partial charge < -0.3 is 19.3 Å². The maximum absolute atomic E-state index is 13.7. The van der Waals surface area contributed by atoms with E-state index in [1.807, 2.05) is 53.1 Å². The van der Waals surface area contributed by atoms with Crippen molar-refractivity contribution in [2.45, 2.75) is 19.5 Å². The Morgan fingerprint density at radius 1 is 1.09 bits per heavy atom. The van der Waals surface area contributed by atoms with Crippen LogP contribution in [0.3, 0.4) is 0 Å². The van der Waals surface area contributed by atoms with Gasteiger partial charge in [-0.1, -0.05) is 41.9 Å². The molecule has 0 aliphatic carbocycles. The summed E-state index contributed by atoms with van der Waals surface area (Å²) in [7, 11) is 1.57. The normalized spacial score (nSPS) is 13.4. The van der Waals surface area contributed by atoms with Gasteiger partial charge in [-0.05, 0) is 35.0 Å². The molecule has 1 aliphatic heterocycles. The minimum absolute atomic E-state index is 0.106. The second-order valence-electron chi connectivity index (χ2n) is 7.91. The van der Waals surface area contributed by atoms with Crippen molar-refractivity contribution in [3.63, 3.8) is 0 Å². The van der Waals surface area contributed by atoms with Crippen molar-refractivity contribution in [1.82, 2.24) is 9.47 Å². The number of ether oxygens (including phenoxy) is 1. The number of carbonyl (C=O) groups is 2. The summed E-state index contributed by atoms with van der Waals surface area (Å²) in [4.78, 5) is 27.0. The Hall–Kier alpha value is -3.51. The Morgan fingerprint density at radius 2 is 1.91 bits per heavy atom. The topological polar surface area (TPSA) is 71.8 Å². The highest BCUT2D eigenvalue weighted by Gasteiger charge is 2.30. The lowest BCUT2D eigenvalue weighted by Gasteiger charge is -2.29. The summed E-state index contributed by atoms with van der Waals surface area (Å²) in [5, 5.41) is 12.7. The summed E-state index contributed by atoms with van der Waals surface area (Å²) in [6.45, 7) is 0.741. The number of aromatic nitrogens is 1. The lowest BCUT2D eigenvalue weighted by atomic mass is 9.99. The second kappa shape index (κ2) is 7.88. The molecule has 1 aromatic heterocycles. The van der Waals surface area contributed by atoms with Gasteiger partial charge in [0, 0.05) is 46.7 Å². The zero-order valence-corrected chi connectivity index (χ0v) is 18.2. The maximum atomic E-state index is 13.7. The third-order valence-corrected chi connectivity index (χ3v) is 6.36. The molecule has 6 nitrogen and oxygen atoms in total. The van der Waals surface area contributed by atoms with Crippen molar-refractivity contribution in [1.29, 1.82) is 0 Å². The molecule has 1 N–H and O–H groups in total. The summed E-state index contributed by atoms with van der Waals surface area (Å²) in [5.41, 5.74) is 3.25. The van der Waals surface area contributed by atoms with Crippen LogP contribution in [0.5, 0.6) is 5.75 Å². The molecule has 3 aromatic carbocycles. The molecule has 162 valence electrons. The molecule has 0 saturated heterocycles. The van der Waals surface area contributed by atoms with Crippen LogP contribution in [0.4, 0.5) is 0 Å². The Kier molecular flexibility index (Phi) is 5.02. The molecular weight excluding hydrogens is 428 g/mol. The molecule has 0 unspecified atom stereocenters. The Morgan fingerprint density at radius 3 is 2.69 bits per heavy atom. The van der Waals surface area contributed by atoms with Gasteiger partial charge in [0.2, 0.25) is 0 Å². The minimum Gasteiger partial charge on any atom is -0.496 e. The molecule has 0 atom stereocenters. The van der Waals surface area contributed by atoms with Crippen LogP contribution in [0.1, 0.15) is 21.6 Å². The van der Waals surface area contributed by atoms with E-state index in [0.717, 1.165) is 32.9 Å². The predicted octanol–water partition coefficient (Wildman–Crippen LogP) is 4.74. The van der Waals surface area contributed by atoms with E-state index in [0.29, 0.717) is 35.8 Å². The van der Waals surface area contributed by atoms with Crippen LogP contribution >= 0.6 is 11.6 Å². The number of rotatable bonds is 4. The van der Waals surface area contributed by atoms with E-state index in [-0.39, 0.29) is 12.5 Å². The van der Waals surface area contributed by atoms with E-state index in [9.17, 15) is 14.7 Å². The van der Waals surface area contributed by atoms with Crippen molar-refractivity contribution in [2.24, 2.45) is 0 Å². The summed E-state index contributed by atoms with van der Waals surface area (Å²) in [6, 6.07) is 17.0. The first-order chi connectivity index (χ1) is 15.5. The number of amides is 1. The van der Waals surface area contributed by atoms with Crippen molar-refractivity contribution >= 4 is 45.2 Å². The summed E-state index contributed by atoms with van der Waals surface area (Å²) >= 11 is 6.25. The number of hydrogen-bond donors (Lipinski definition) is 1. The number of halogens is 1. The van der Waals surface area contributed by atoms with Gasteiger partial charge in [-0.2, -0.15) is 0 Å². The molecule has 7 heteroatoms. The number of carboxylic acid groups (broad SMARTS) is 1. The van der Waals surface area contributed by atoms with Crippen LogP contribution in [-0.2, 0) is 24.3 Å². The van der Waals surface area contributed by atoms with Gasteiger partial charge in [-0.25, -0.2) is 0 Å². The third kappa shape index (κ3) is 3.28. The molecule has 32 heavy (non-hydrogen) atoms. The maximum Gasteiger partial charge on any atom is 0.323 e. The third-order valence-electron chi connectivity index (χ3n) is 6.12. The van der Waals surface area contributed by atoms with Gasteiger partial charge in [0.1, 0.15) is 12.3 Å². The number of hydrogen-bond acceptors (Lipinski definition) is 3. The first kappa shape index (κ1) is 20.4. The fraction of sp³-hybridized carbons (Fsp3) is 0.200. The van der Waals surface area contributed by atoms with Gasteiger partial charge in [-0.15, -0.1) is 0 Å². The first-order valence-corrected chi connectivity index (χ1v) is 10.7. The van der Waals surface area contributed by atoms with E-state index in [1.165, 1.54) is 0 Å².